The number of esters is 1. The highest BCUT2D eigenvalue weighted by Crippen LogP contribution is 2.27. The van der Waals surface area contributed by atoms with Crippen LogP contribution in [0.1, 0.15) is 37.7 Å². The smallest absolute Gasteiger partial charge is 0.330 e. The summed E-state index contributed by atoms with van der Waals surface area (Å²) >= 11 is 0. The van der Waals surface area contributed by atoms with Gasteiger partial charge in [-0.25, -0.2) is 4.79 Å². The Morgan fingerprint density at radius 2 is 1.96 bits per heavy atom. The van der Waals surface area contributed by atoms with Crippen LogP contribution in [0.25, 0.3) is 11.4 Å². The van der Waals surface area contributed by atoms with Crippen molar-refractivity contribution in [1.29, 1.82) is 5.26 Å². The number of benzene rings is 1. The van der Waals surface area contributed by atoms with Crippen molar-refractivity contribution < 1.29 is 14.3 Å². The van der Waals surface area contributed by atoms with Crippen molar-refractivity contribution in [2.75, 3.05) is 6.61 Å². The van der Waals surface area contributed by atoms with Crippen LogP contribution in [0.5, 0.6) is 0 Å². The number of aryl methyl sites for hydroxylation is 1. The number of nitrogens with one attached hydrogen (secondary N) is 1. The minimum atomic E-state index is -0.849. The summed E-state index contributed by atoms with van der Waals surface area (Å²) in [5.41, 5.74) is 1.06. The molecule has 0 unspecified atom stereocenters. The highest BCUT2D eigenvalue weighted by atomic mass is 16.5. The number of nitrogens with zero attached hydrogens (tertiary/aromatic N) is 5. The molecule has 0 radical (unpaired) electrons. The number of hydrogen-bond acceptors (Lipinski definition) is 7. The molecule has 1 fully saturated rings. The quantitative estimate of drug-likeness (QED) is 0.752. The zero-order valence-electron chi connectivity index (χ0n) is 15.7. The van der Waals surface area contributed by atoms with E-state index in [1.807, 2.05) is 31.2 Å². The summed E-state index contributed by atoms with van der Waals surface area (Å²) in [6.45, 7) is 1.28. The summed E-state index contributed by atoms with van der Waals surface area (Å²) in [6, 6.07) is 9.80. The topological polar surface area (TPSA) is 123 Å². The predicted octanol–water partition coefficient (Wildman–Crippen LogP) is 1.53. The number of nitriles is 1. The van der Waals surface area contributed by atoms with Gasteiger partial charge in [0.15, 0.2) is 13.2 Å². The van der Waals surface area contributed by atoms with Gasteiger partial charge < -0.3 is 10.1 Å². The van der Waals surface area contributed by atoms with Crippen LogP contribution in [0.2, 0.25) is 0 Å². The van der Waals surface area contributed by atoms with Crippen LogP contribution in [0.15, 0.2) is 24.3 Å². The average molecular weight is 382 g/mol. The fraction of sp³-hybridized carbons (Fsp3) is 0.474. The van der Waals surface area contributed by atoms with E-state index >= 15 is 0 Å². The predicted molar refractivity (Wildman–Crippen MR) is 98.5 cm³/mol. The fourth-order valence-electron chi connectivity index (χ4n) is 3.16. The highest BCUT2D eigenvalue weighted by molar-refractivity contribution is 5.81. The third-order valence-corrected chi connectivity index (χ3v) is 4.70. The summed E-state index contributed by atoms with van der Waals surface area (Å²) < 4.78 is 4.98. The van der Waals surface area contributed by atoms with Crippen LogP contribution in [0.3, 0.4) is 0 Å². The second-order valence-corrected chi connectivity index (χ2v) is 6.97. The minimum Gasteiger partial charge on any atom is -0.454 e. The molecule has 0 aliphatic heterocycles. The molecule has 1 saturated carbocycles. The average Bonchev–Trinajstić information content (AvgIpc) is 3.16. The lowest BCUT2D eigenvalue weighted by Gasteiger charge is -2.31. The van der Waals surface area contributed by atoms with Crippen LogP contribution in [-0.4, -0.2) is 44.2 Å². The molecule has 1 amide bonds. The Bertz CT molecular complexity index is 878. The Morgan fingerprint density at radius 1 is 1.25 bits per heavy atom. The normalized spacial score (nSPS) is 15.4. The molecule has 0 saturated heterocycles. The number of ether oxygens (including phenoxy) is 1. The monoisotopic (exact) mass is 382 g/mol. The van der Waals surface area contributed by atoms with Gasteiger partial charge in [0.05, 0.1) is 6.07 Å². The number of amides is 1. The Balaban J connectivity index is 1.48. The molecule has 9 heteroatoms. The maximum Gasteiger partial charge on any atom is 0.330 e. The summed E-state index contributed by atoms with van der Waals surface area (Å²) in [5, 5.41) is 24.0. The number of tetrazole rings is 1. The second-order valence-electron chi connectivity index (χ2n) is 6.97. The number of carbonyl (C=O) groups excluding carboxylic acids is 2. The zero-order chi connectivity index (χ0) is 20.0. The van der Waals surface area contributed by atoms with Gasteiger partial charge in [-0.05, 0) is 25.0 Å². The van der Waals surface area contributed by atoms with E-state index in [1.54, 1.807) is 0 Å². The van der Waals surface area contributed by atoms with E-state index in [9.17, 15) is 14.9 Å². The molecule has 0 spiro atoms. The molecule has 1 N–H and O–H groups in total. The molecule has 1 aromatic heterocycles. The van der Waals surface area contributed by atoms with E-state index in [-0.39, 0.29) is 6.54 Å². The van der Waals surface area contributed by atoms with Crippen molar-refractivity contribution >= 4 is 11.9 Å². The second kappa shape index (κ2) is 8.61. The third kappa shape index (κ3) is 4.91. The van der Waals surface area contributed by atoms with E-state index in [0.717, 1.165) is 35.2 Å². The van der Waals surface area contributed by atoms with Crippen molar-refractivity contribution in [3.8, 4) is 17.5 Å². The van der Waals surface area contributed by atoms with E-state index < -0.39 is 24.0 Å². The number of rotatable bonds is 6. The molecule has 146 valence electrons. The summed E-state index contributed by atoms with van der Waals surface area (Å²) in [4.78, 5) is 25.1. The molecule has 28 heavy (non-hydrogen) atoms. The number of hydrogen-bond donors (Lipinski definition) is 1. The van der Waals surface area contributed by atoms with Gasteiger partial charge in [-0.15, -0.1) is 10.2 Å². The Morgan fingerprint density at radius 3 is 2.64 bits per heavy atom. The first-order valence-electron chi connectivity index (χ1n) is 9.22. The maximum absolute atomic E-state index is 12.1. The Labute approximate surface area is 162 Å². The molecular formula is C19H22N6O3. The Kier molecular flexibility index (Phi) is 5.99. The van der Waals surface area contributed by atoms with E-state index in [4.69, 9.17) is 4.74 Å². The first-order chi connectivity index (χ1) is 13.5. The largest absolute Gasteiger partial charge is 0.454 e. The molecule has 1 aromatic carbocycles. The van der Waals surface area contributed by atoms with E-state index in [2.05, 4.69) is 26.8 Å². The lowest BCUT2D eigenvalue weighted by atomic mass is 9.83. The molecule has 9 nitrogen and oxygen atoms in total. The standard InChI is InChI=1S/C19H22N6O3/c1-14-5-7-15(8-6-14)18-22-24-25(23-18)11-17(27)28-12-16(26)21-19(13-20)9-3-2-4-10-19/h5-8H,2-4,9-12H2,1H3,(H,21,26). The molecule has 1 aliphatic carbocycles. The van der Waals surface area contributed by atoms with Gasteiger partial charge in [0.25, 0.3) is 5.91 Å². The molecule has 2 aromatic rings. The van der Waals surface area contributed by atoms with Crippen LogP contribution in [0.4, 0.5) is 0 Å². The van der Waals surface area contributed by atoms with Gasteiger partial charge in [-0.2, -0.15) is 10.1 Å². The van der Waals surface area contributed by atoms with Gasteiger partial charge in [-0.3, -0.25) is 4.79 Å². The van der Waals surface area contributed by atoms with Crippen molar-refractivity contribution in [1.82, 2.24) is 25.5 Å². The van der Waals surface area contributed by atoms with Gasteiger partial charge in [-0.1, -0.05) is 49.1 Å². The molecule has 0 bridgehead atoms. The lowest BCUT2D eigenvalue weighted by Crippen LogP contribution is -2.50. The summed E-state index contributed by atoms with van der Waals surface area (Å²) in [6.07, 6.45) is 4.09. The number of aromatic nitrogens is 4. The van der Waals surface area contributed by atoms with E-state index in [0.29, 0.717) is 18.7 Å². The first kappa shape index (κ1) is 19.5. The van der Waals surface area contributed by atoms with Crippen molar-refractivity contribution in [3.63, 3.8) is 0 Å². The minimum absolute atomic E-state index is 0.254. The SMILES string of the molecule is Cc1ccc(-c2nnn(CC(=O)OCC(=O)NC3(C#N)CCCCC3)n2)cc1. The first-order valence-corrected chi connectivity index (χ1v) is 9.22. The van der Waals surface area contributed by atoms with Crippen LogP contribution >= 0.6 is 0 Å². The van der Waals surface area contributed by atoms with Gasteiger partial charge in [0, 0.05) is 5.56 Å². The van der Waals surface area contributed by atoms with Gasteiger partial charge in [0.2, 0.25) is 5.82 Å². The lowest BCUT2D eigenvalue weighted by molar-refractivity contribution is -0.150. The molecule has 1 aliphatic rings. The highest BCUT2D eigenvalue weighted by Gasteiger charge is 2.33. The van der Waals surface area contributed by atoms with Crippen LogP contribution < -0.4 is 5.32 Å². The zero-order valence-corrected chi connectivity index (χ0v) is 15.7. The van der Waals surface area contributed by atoms with Crippen LogP contribution in [0, 0.1) is 18.3 Å². The fourth-order valence-corrected chi connectivity index (χ4v) is 3.16. The molecular weight excluding hydrogens is 360 g/mol. The van der Waals surface area contributed by atoms with Crippen molar-refractivity contribution in [3.05, 3.63) is 29.8 Å². The molecule has 0 atom stereocenters. The van der Waals surface area contributed by atoms with Crippen LogP contribution in [-0.2, 0) is 20.9 Å². The van der Waals surface area contributed by atoms with Gasteiger partial charge in [0.1, 0.15) is 5.54 Å². The molecule has 1 heterocycles. The summed E-state index contributed by atoms with van der Waals surface area (Å²) in [5.74, 6) is -0.736. The summed E-state index contributed by atoms with van der Waals surface area (Å²) in [7, 11) is 0. The van der Waals surface area contributed by atoms with Crippen molar-refractivity contribution in [2.24, 2.45) is 0 Å². The van der Waals surface area contributed by atoms with Gasteiger partial charge >= 0.3 is 5.97 Å². The molecule has 3 rings (SSSR count). The van der Waals surface area contributed by atoms with Crippen molar-refractivity contribution in [2.45, 2.75) is 51.1 Å². The Hall–Kier alpha value is -3.28. The maximum atomic E-state index is 12.1. The number of carbonyl (C=O) groups is 2. The third-order valence-electron chi connectivity index (χ3n) is 4.70. The van der Waals surface area contributed by atoms with E-state index in [1.165, 1.54) is 0 Å².